The van der Waals surface area contributed by atoms with Crippen molar-refractivity contribution in [2.45, 2.75) is 32.5 Å². The van der Waals surface area contributed by atoms with Gasteiger partial charge in [0, 0.05) is 6.54 Å². The summed E-state index contributed by atoms with van der Waals surface area (Å²) >= 11 is 1.05. The third-order valence-electron chi connectivity index (χ3n) is 4.96. The number of Topliss-reactive ketones (excluding diaryl/α,β-unsaturated/α-hetero) is 1. The molecule has 0 bridgehead atoms. The highest BCUT2D eigenvalue weighted by molar-refractivity contribution is 7.99. The Balaban J connectivity index is 1.98. The van der Waals surface area contributed by atoms with Gasteiger partial charge in [-0.05, 0) is 38.5 Å². The summed E-state index contributed by atoms with van der Waals surface area (Å²) in [5, 5.41) is 0.798. The number of ketones is 1. The van der Waals surface area contributed by atoms with E-state index in [4.69, 9.17) is 9.47 Å². The van der Waals surface area contributed by atoms with Crippen molar-refractivity contribution < 1.29 is 23.9 Å². The lowest BCUT2D eigenvalue weighted by Gasteiger charge is -2.11. The second-order valence-electron chi connectivity index (χ2n) is 7.14. The molecule has 0 amide bonds. The van der Waals surface area contributed by atoms with Crippen molar-refractivity contribution in [1.82, 2.24) is 14.5 Å². The molecular weight excluding hydrogens is 458 g/mol. The van der Waals surface area contributed by atoms with E-state index in [0.717, 1.165) is 11.8 Å². The Morgan fingerprint density at radius 3 is 2.47 bits per heavy atom. The fourth-order valence-electron chi connectivity index (χ4n) is 3.42. The molecule has 3 aromatic rings. The number of para-hydroxylation sites is 1. The van der Waals surface area contributed by atoms with Crippen LogP contribution in [0.25, 0.3) is 10.9 Å². The molecule has 0 aliphatic carbocycles. The van der Waals surface area contributed by atoms with Crippen LogP contribution in [0.2, 0.25) is 0 Å². The number of hydrogen-bond acceptors (Lipinski definition) is 8. The van der Waals surface area contributed by atoms with Gasteiger partial charge in [-0.2, -0.15) is 0 Å². The first-order valence-electron chi connectivity index (χ1n) is 10.7. The molecule has 1 aromatic carbocycles. The minimum absolute atomic E-state index is 0.00884. The van der Waals surface area contributed by atoms with Gasteiger partial charge in [0.25, 0.3) is 5.56 Å². The zero-order chi connectivity index (χ0) is 24.8. The summed E-state index contributed by atoms with van der Waals surface area (Å²) in [6.45, 7) is 9.00. The molecule has 0 spiro atoms. The minimum Gasteiger partial charge on any atom is -0.462 e. The molecule has 9 nitrogen and oxygen atoms in total. The second-order valence-corrected chi connectivity index (χ2v) is 8.09. The average Bonchev–Trinajstić information content (AvgIpc) is 3.17. The van der Waals surface area contributed by atoms with E-state index in [0.29, 0.717) is 16.1 Å². The quantitative estimate of drug-likeness (QED) is 0.153. The van der Waals surface area contributed by atoms with Crippen LogP contribution in [0.3, 0.4) is 0 Å². The molecule has 178 valence electrons. The standard InChI is InChI=1S/C24H25N3O6S/c1-5-12-27-21(29)15-10-8-9-11-16(15)25-24(27)34-13-17(28)20-18(22(30)32-6-2)14(4)19(26-20)23(31)33-7-3/h5,8-11,26H,1,6-7,12-13H2,2-4H3. The Morgan fingerprint density at radius 1 is 1.12 bits per heavy atom. The summed E-state index contributed by atoms with van der Waals surface area (Å²) in [5.41, 5.74) is 0.502. The van der Waals surface area contributed by atoms with E-state index in [2.05, 4.69) is 16.5 Å². The van der Waals surface area contributed by atoms with Crippen molar-refractivity contribution in [3.05, 3.63) is 69.8 Å². The van der Waals surface area contributed by atoms with Gasteiger partial charge < -0.3 is 14.5 Å². The number of fused-ring (bicyclic) bond motifs is 1. The summed E-state index contributed by atoms with van der Waals surface area (Å²) in [6.07, 6.45) is 1.57. The summed E-state index contributed by atoms with van der Waals surface area (Å²) in [7, 11) is 0. The van der Waals surface area contributed by atoms with Gasteiger partial charge in [-0.25, -0.2) is 14.6 Å². The van der Waals surface area contributed by atoms with E-state index in [-0.39, 0.29) is 53.6 Å². The predicted octanol–water partition coefficient (Wildman–Crippen LogP) is 3.55. The zero-order valence-electron chi connectivity index (χ0n) is 19.2. The van der Waals surface area contributed by atoms with Crippen LogP contribution in [0.15, 0.2) is 46.9 Å². The molecule has 0 unspecified atom stereocenters. The summed E-state index contributed by atoms with van der Waals surface area (Å²) < 4.78 is 11.6. The molecule has 2 aromatic heterocycles. The molecule has 0 atom stereocenters. The number of rotatable bonds is 10. The highest BCUT2D eigenvalue weighted by Gasteiger charge is 2.29. The van der Waals surface area contributed by atoms with Gasteiger partial charge in [0.05, 0.1) is 41.1 Å². The van der Waals surface area contributed by atoms with Gasteiger partial charge in [-0.1, -0.05) is 30.0 Å². The fourth-order valence-corrected chi connectivity index (χ4v) is 4.30. The number of esters is 2. The molecule has 1 N–H and O–H groups in total. The van der Waals surface area contributed by atoms with Gasteiger partial charge >= 0.3 is 11.9 Å². The lowest BCUT2D eigenvalue weighted by atomic mass is 10.1. The summed E-state index contributed by atoms with van der Waals surface area (Å²) in [4.78, 5) is 58.2. The Kier molecular flexibility index (Phi) is 8.06. The van der Waals surface area contributed by atoms with Crippen LogP contribution in [0.4, 0.5) is 0 Å². The van der Waals surface area contributed by atoms with Crippen molar-refractivity contribution in [2.75, 3.05) is 19.0 Å². The van der Waals surface area contributed by atoms with Crippen molar-refractivity contribution in [1.29, 1.82) is 0 Å². The maximum Gasteiger partial charge on any atom is 0.355 e. The number of aromatic amines is 1. The predicted molar refractivity (Wildman–Crippen MR) is 129 cm³/mol. The fraction of sp³-hybridized carbons (Fsp3) is 0.292. The van der Waals surface area contributed by atoms with Crippen LogP contribution in [-0.2, 0) is 16.0 Å². The smallest absolute Gasteiger partial charge is 0.355 e. The lowest BCUT2D eigenvalue weighted by Crippen LogP contribution is -2.23. The van der Waals surface area contributed by atoms with Gasteiger partial charge in [0.2, 0.25) is 0 Å². The number of nitrogens with zero attached hydrogens (tertiary/aromatic N) is 2. The molecule has 10 heteroatoms. The van der Waals surface area contributed by atoms with Crippen molar-refractivity contribution in [2.24, 2.45) is 0 Å². The van der Waals surface area contributed by atoms with Crippen LogP contribution in [0.5, 0.6) is 0 Å². The number of ether oxygens (including phenoxy) is 2. The zero-order valence-corrected chi connectivity index (χ0v) is 20.0. The third-order valence-corrected chi connectivity index (χ3v) is 5.93. The molecule has 0 radical (unpaired) electrons. The second kappa shape index (κ2) is 11.0. The minimum atomic E-state index is -0.715. The van der Waals surface area contributed by atoms with Crippen LogP contribution in [0.1, 0.15) is 50.7 Å². The number of allylic oxidation sites excluding steroid dienone is 1. The molecule has 0 saturated heterocycles. The van der Waals surface area contributed by atoms with Crippen LogP contribution in [-0.4, -0.2) is 51.2 Å². The molecule has 2 heterocycles. The average molecular weight is 484 g/mol. The van der Waals surface area contributed by atoms with E-state index in [1.54, 1.807) is 51.1 Å². The van der Waals surface area contributed by atoms with Gasteiger partial charge in [-0.15, -0.1) is 6.58 Å². The summed E-state index contributed by atoms with van der Waals surface area (Å²) in [6, 6.07) is 6.94. The van der Waals surface area contributed by atoms with Gasteiger partial charge in [-0.3, -0.25) is 14.2 Å². The Bertz CT molecular complexity index is 1320. The Morgan fingerprint density at radius 2 is 1.79 bits per heavy atom. The third kappa shape index (κ3) is 4.96. The Labute approximate surface area is 200 Å². The van der Waals surface area contributed by atoms with Gasteiger partial charge in [0.1, 0.15) is 5.69 Å². The van der Waals surface area contributed by atoms with Crippen LogP contribution >= 0.6 is 11.8 Å². The SMILES string of the molecule is C=CCn1c(SCC(=O)c2[nH]c(C(=O)OCC)c(C)c2C(=O)OCC)nc2ccccc2c1=O. The summed E-state index contributed by atoms with van der Waals surface area (Å²) in [5.74, 6) is -1.99. The van der Waals surface area contributed by atoms with E-state index in [9.17, 15) is 19.2 Å². The molecular formula is C24H25N3O6S. The topological polar surface area (TPSA) is 120 Å². The lowest BCUT2D eigenvalue weighted by molar-refractivity contribution is 0.0517. The first-order chi connectivity index (χ1) is 16.3. The van der Waals surface area contributed by atoms with Crippen LogP contribution in [0, 0.1) is 6.92 Å². The number of carbonyl (C=O) groups is 3. The van der Waals surface area contributed by atoms with Crippen molar-refractivity contribution >= 4 is 40.4 Å². The molecule has 3 rings (SSSR count). The number of H-pyrrole nitrogens is 1. The van der Waals surface area contributed by atoms with Crippen molar-refractivity contribution in [3.63, 3.8) is 0 Å². The highest BCUT2D eigenvalue weighted by Crippen LogP contribution is 2.24. The maximum atomic E-state index is 13.2. The van der Waals surface area contributed by atoms with E-state index >= 15 is 0 Å². The first-order valence-corrected chi connectivity index (χ1v) is 11.7. The monoisotopic (exact) mass is 483 g/mol. The molecule has 34 heavy (non-hydrogen) atoms. The molecule has 0 fully saturated rings. The first kappa shape index (κ1) is 25.0. The number of nitrogens with one attached hydrogen (secondary N) is 1. The van der Waals surface area contributed by atoms with Gasteiger partial charge in [0.15, 0.2) is 10.9 Å². The molecule has 0 aliphatic heterocycles. The van der Waals surface area contributed by atoms with Crippen molar-refractivity contribution in [3.8, 4) is 0 Å². The largest absolute Gasteiger partial charge is 0.462 e. The number of benzene rings is 1. The van der Waals surface area contributed by atoms with Crippen LogP contribution < -0.4 is 5.56 Å². The normalized spacial score (nSPS) is 10.8. The number of carbonyl (C=O) groups excluding carboxylic acids is 3. The number of aromatic nitrogens is 3. The van der Waals surface area contributed by atoms with E-state index in [1.807, 2.05) is 0 Å². The maximum absolute atomic E-state index is 13.2. The van der Waals surface area contributed by atoms with E-state index in [1.165, 1.54) is 4.57 Å². The highest BCUT2D eigenvalue weighted by atomic mass is 32.2. The van der Waals surface area contributed by atoms with E-state index < -0.39 is 17.7 Å². The number of hydrogen-bond donors (Lipinski definition) is 1. The number of thioether (sulfide) groups is 1. The molecule has 0 saturated carbocycles. The Hall–Kier alpha value is -3.66. The molecule has 0 aliphatic rings.